The quantitative estimate of drug-likeness (QED) is 0.367. The van der Waals surface area contributed by atoms with Gasteiger partial charge in [0.25, 0.3) is 5.69 Å². The lowest BCUT2D eigenvalue weighted by atomic mass is 10.2. The Morgan fingerprint density at radius 1 is 1.00 bits per heavy atom. The highest BCUT2D eigenvalue weighted by Crippen LogP contribution is 2.18. The first-order valence-electron chi connectivity index (χ1n) is 5.88. The zero-order valence-electron chi connectivity index (χ0n) is 10.7. The van der Waals surface area contributed by atoms with Crippen molar-refractivity contribution in [1.82, 2.24) is 0 Å². The second-order valence-electron chi connectivity index (χ2n) is 4.01. The van der Waals surface area contributed by atoms with Gasteiger partial charge in [-0.3, -0.25) is 10.1 Å². The van der Waals surface area contributed by atoms with Gasteiger partial charge in [-0.25, -0.2) is 0 Å². The standard InChI is InChI=1S/C14H11NO5S/c16-15(17)13-6-8-14(9-7-13)21(18,19)20-11-10-12-4-2-1-3-5-12/h1-11H/b11-10+. The molecule has 0 unspecified atom stereocenters. The molecule has 108 valence electrons. The third-order valence-corrected chi connectivity index (χ3v) is 3.79. The monoisotopic (exact) mass is 305 g/mol. The Balaban J connectivity index is 2.11. The van der Waals surface area contributed by atoms with Gasteiger partial charge in [0.1, 0.15) is 11.2 Å². The van der Waals surface area contributed by atoms with E-state index in [-0.39, 0.29) is 10.6 Å². The number of hydrogen-bond acceptors (Lipinski definition) is 5. The molecule has 0 aliphatic heterocycles. The predicted octanol–water partition coefficient (Wildman–Crippen LogP) is 2.97. The molecule has 0 atom stereocenters. The topological polar surface area (TPSA) is 86.5 Å². The summed E-state index contributed by atoms with van der Waals surface area (Å²) in [4.78, 5) is 9.75. The van der Waals surface area contributed by atoms with E-state index in [2.05, 4.69) is 0 Å². The summed E-state index contributed by atoms with van der Waals surface area (Å²) in [7, 11) is -3.98. The number of hydrogen-bond donors (Lipinski definition) is 0. The molecular formula is C14H11NO5S. The van der Waals surface area contributed by atoms with Crippen LogP contribution in [0.2, 0.25) is 0 Å². The lowest BCUT2D eigenvalue weighted by Crippen LogP contribution is -2.02. The van der Waals surface area contributed by atoms with Gasteiger partial charge in [-0.15, -0.1) is 0 Å². The molecule has 0 aliphatic rings. The van der Waals surface area contributed by atoms with Gasteiger partial charge in [-0.05, 0) is 23.8 Å². The fourth-order valence-electron chi connectivity index (χ4n) is 1.53. The first-order chi connectivity index (χ1) is 9.99. The van der Waals surface area contributed by atoms with E-state index in [9.17, 15) is 18.5 Å². The molecule has 0 N–H and O–H groups in total. The minimum atomic E-state index is -3.98. The van der Waals surface area contributed by atoms with Crippen molar-refractivity contribution in [2.45, 2.75) is 4.90 Å². The van der Waals surface area contributed by atoms with Gasteiger partial charge in [-0.1, -0.05) is 30.3 Å². The van der Waals surface area contributed by atoms with Crippen molar-refractivity contribution in [3.05, 3.63) is 76.5 Å². The molecule has 0 spiro atoms. The average Bonchev–Trinajstić information content (AvgIpc) is 2.48. The smallest absolute Gasteiger partial charge is 0.338 e. The van der Waals surface area contributed by atoms with E-state index in [1.807, 2.05) is 18.2 Å². The molecule has 2 aromatic carbocycles. The Morgan fingerprint density at radius 3 is 2.19 bits per heavy atom. The lowest BCUT2D eigenvalue weighted by Gasteiger charge is -2.02. The summed E-state index contributed by atoms with van der Waals surface area (Å²) in [5.41, 5.74) is 0.602. The van der Waals surface area contributed by atoms with Gasteiger partial charge in [0.15, 0.2) is 0 Å². The molecule has 2 rings (SSSR count). The maximum absolute atomic E-state index is 11.9. The Morgan fingerprint density at radius 2 is 1.62 bits per heavy atom. The summed E-state index contributed by atoms with van der Waals surface area (Å²) < 4.78 is 28.5. The van der Waals surface area contributed by atoms with Crippen molar-refractivity contribution in [3.8, 4) is 0 Å². The van der Waals surface area contributed by atoms with Gasteiger partial charge in [0, 0.05) is 12.1 Å². The van der Waals surface area contributed by atoms with E-state index in [1.54, 1.807) is 12.1 Å². The highest BCUT2D eigenvalue weighted by molar-refractivity contribution is 7.86. The third kappa shape index (κ3) is 3.90. The maximum atomic E-state index is 11.9. The number of rotatable bonds is 5. The van der Waals surface area contributed by atoms with E-state index < -0.39 is 15.0 Å². The predicted molar refractivity (Wildman–Crippen MR) is 76.8 cm³/mol. The van der Waals surface area contributed by atoms with Crippen LogP contribution < -0.4 is 0 Å². The molecule has 0 aromatic heterocycles. The lowest BCUT2D eigenvalue weighted by molar-refractivity contribution is -0.384. The minimum absolute atomic E-state index is 0.147. The number of non-ortho nitro benzene ring substituents is 1. The molecular weight excluding hydrogens is 294 g/mol. The zero-order valence-corrected chi connectivity index (χ0v) is 11.6. The van der Waals surface area contributed by atoms with Gasteiger partial charge in [-0.2, -0.15) is 8.42 Å². The largest absolute Gasteiger partial charge is 0.387 e. The number of nitro groups is 1. The molecule has 0 heterocycles. The molecule has 0 saturated carbocycles. The molecule has 0 bridgehead atoms. The SMILES string of the molecule is O=[N+]([O-])c1ccc(S(=O)(=O)O/C=C/c2ccccc2)cc1. The van der Waals surface area contributed by atoms with Crippen LogP contribution in [0.1, 0.15) is 5.56 Å². The minimum Gasteiger partial charge on any atom is -0.387 e. The van der Waals surface area contributed by atoms with E-state index in [0.717, 1.165) is 36.1 Å². The van der Waals surface area contributed by atoms with Crippen molar-refractivity contribution < 1.29 is 17.5 Å². The molecule has 0 saturated heterocycles. The summed E-state index contributed by atoms with van der Waals surface area (Å²) in [6, 6.07) is 13.5. The Hall–Kier alpha value is -2.67. The summed E-state index contributed by atoms with van der Waals surface area (Å²) >= 11 is 0. The van der Waals surface area contributed by atoms with Crippen LogP contribution in [-0.2, 0) is 14.3 Å². The third-order valence-electron chi connectivity index (χ3n) is 2.58. The summed E-state index contributed by atoms with van der Waals surface area (Å²) in [6.07, 6.45) is 2.56. The van der Waals surface area contributed by atoms with Crippen molar-refractivity contribution in [3.63, 3.8) is 0 Å². The van der Waals surface area contributed by atoms with Gasteiger partial charge in [0.2, 0.25) is 0 Å². The molecule has 21 heavy (non-hydrogen) atoms. The van der Waals surface area contributed by atoms with Crippen molar-refractivity contribution in [2.75, 3.05) is 0 Å². The van der Waals surface area contributed by atoms with Crippen LogP contribution in [0.5, 0.6) is 0 Å². The van der Waals surface area contributed by atoms with Crippen LogP contribution in [0.25, 0.3) is 6.08 Å². The summed E-state index contributed by atoms with van der Waals surface area (Å²) in [5, 5.41) is 10.5. The first-order valence-corrected chi connectivity index (χ1v) is 7.29. The van der Waals surface area contributed by atoms with Crippen molar-refractivity contribution in [2.24, 2.45) is 0 Å². The number of nitro benzene ring substituents is 1. The normalized spacial score (nSPS) is 11.4. The molecule has 7 heteroatoms. The highest BCUT2D eigenvalue weighted by atomic mass is 32.2. The maximum Gasteiger partial charge on any atom is 0.338 e. The average molecular weight is 305 g/mol. The van der Waals surface area contributed by atoms with Gasteiger partial charge < -0.3 is 4.18 Å². The van der Waals surface area contributed by atoms with Gasteiger partial charge >= 0.3 is 10.1 Å². The Labute approximate surface area is 121 Å². The number of nitrogens with zero attached hydrogens (tertiary/aromatic N) is 1. The second-order valence-corrected chi connectivity index (χ2v) is 5.59. The van der Waals surface area contributed by atoms with Crippen LogP contribution in [-0.4, -0.2) is 13.3 Å². The Bertz CT molecular complexity index is 752. The highest BCUT2D eigenvalue weighted by Gasteiger charge is 2.15. The fraction of sp³-hybridized carbons (Fsp3) is 0. The molecule has 0 fully saturated rings. The van der Waals surface area contributed by atoms with Crippen LogP contribution in [0.15, 0.2) is 65.8 Å². The van der Waals surface area contributed by atoms with E-state index >= 15 is 0 Å². The number of benzene rings is 2. The first kappa shape index (κ1) is 14.7. The fourth-order valence-corrected chi connectivity index (χ4v) is 2.32. The molecule has 0 radical (unpaired) electrons. The summed E-state index contributed by atoms with van der Waals surface area (Å²) in [5.74, 6) is 0. The zero-order chi connectivity index (χ0) is 15.3. The molecule has 0 aliphatic carbocycles. The van der Waals surface area contributed by atoms with E-state index in [1.165, 1.54) is 6.08 Å². The Kier molecular flexibility index (Phi) is 4.34. The van der Waals surface area contributed by atoms with E-state index in [4.69, 9.17) is 4.18 Å². The van der Waals surface area contributed by atoms with Crippen LogP contribution in [0, 0.1) is 10.1 Å². The molecule has 6 nitrogen and oxygen atoms in total. The second kappa shape index (κ2) is 6.19. The van der Waals surface area contributed by atoms with Crippen molar-refractivity contribution >= 4 is 21.9 Å². The molecule has 0 amide bonds. The summed E-state index contributed by atoms with van der Waals surface area (Å²) in [6.45, 7) is 0. The van der Waals surface area contributed by atoms with Gasteiger partial charge in [0.05, 0.1) is 4.92 Å². The van der Waals surface area contributed by atoms with Crippen LogP contribution in [0.3, 0.4) is 0 Å². The van der Waals surface area contributed by atoms with Crippen LogP contribution in [0.4, 0.5) is 5.69 Å². The van der Waals surface area contributed by atoms with E-state index in [0.29, 0.717) is 0 Å². The molecule has 2 aromatic rings. The van der Waals surface area contributed by atoms with Crippen molar-refractivity contribution in [1.29, 1.82) is 0 Å². The van der Waals surface area contributed by atoms with Crippen LogP contribution >= 0.6 is 0 Å².